The zero-order chi connectivity index (χ0) is 10.8. The van der Waals surface area contributed by atoms with Crippen LogP contribution in [0.3, 0.4) is 0 Å². The third kappa shape index (κ3) is 2.12. The van der Waals surface area contributed by atoms with E-state index < -0.39 is 0 Å². The third-order valence-electron chi connectivity index (χ3n) is 4.53. The van der Waals surface area contributed by atoms with Crippen LogP contribution in [0.15, 0.2) is 0 Å². The highest BCUT2D eigenvalue weighted by molar-refractivity contribution is 4.93. The number of hydrogen-bond acceptors (Lipinski definition) is 2. The number of aliphatic hydroxyl groups excluding tert-OH is 1. The summed E-state index contributed by atoms with van der Waals surface area (Å²) in [6.07, 6.45) is 3.39. The molecule has 0 amide bonds. The third-order valence-corrected chi connectivity index (χ3v) is 4.53. The molecule has 0 aromatic carbocycles. The van der Waals surface area contributed by atoms with E-state index in [2.05, 4.69) is 32.7 Å². The van der Waals surface area contributed by atoms with Gasteiger partial charge in [-0.05, 0) is 51.1 Å². The summed E-state index contributed by atoms with van der Waals surface area (Å²) in [5.74, 6) is 0.778. The summed E-state index contributed by atoms with van der Waals surface area (Å²) in [4.78, 5) is 2.46. The lowest BCUT2D eigenvalue weighted by Gasteiger charge is -2.50. The first kappa shape index (κ1) is 12.0. The van der Waals surface area contributed by atoms with Crippen LogP contribution in [0.2, 0.25) is 0 Å². The first-order valence-electron chi connectivity index (χ1n) is 5.83. The van der Waals surface area contributed by atoms with Crippen LogP contribution in [0.1, 0.15) is 40.0 Å². The second-order valence-electron chi connectivity index (χ2n) is 5.18. The molecule has 2 heteroatoms. The molecule has 0 saturated carbocycles. The molecule has 0 aromatic rings. The average Bonchev–Trinajstić information content (AvgIpc) is 2.18. The van der Waals surface area contributed by atoms with E-state index in [0.717, 1.165) is 18.8 Å². The SMILES string of the molecule is CC1CCN(C)C(C)C1(C)CCCO. The summed E-state index contributed by atoms with van der Waals surface area (Å²) >= 11 is 0. The molecule has 1 N–H and O–H groups in total. The fourth-order valence-electron chi connectivity index (χ4n) is 2.75. The van der Waals surface area contributed by atoms with Crippen molar-refractivity contribution < 1.29 is 5.11 Å². The van der Waals surface area contributed by atoms with Crippen LogP contribution in [0.25, 0.3) is 0 Å². The zero-order valence-corrected chi connectivity index (χ0v) is 10.1. The molecule has 1 aliphatic heterocycles. The van der Waals surface area contributed by atoms with E-state index in [4.69, 9.17) is 5.11 Å². The van der Waals surface area contributed by atoms with Gasteiger partial charge in [0.05, 0.1) is 0 Å². The average molecular weight is 199 g/mol. The molecule has 84 valence electrons. The Balaban J connectivity index is 2.68. The number of aliphatic hydroxyl groups is 1. The van der Waals surface area contributed by atoms with Crippen molar-refractivity contribution in [2.24, 2.45) is 11.3 Å². The van der Waals surface area contributed by atoms with Crippen LogP contribution in [0.4, 0.5) is 0 Å². The lowest BCUT2D eigenvalue weighted by Crippen LogP contribution is -2.51. The zero-order valence-electron chi connectivity index (χ0n) is 10.1. The molecular formula is C12H25NO. The molecule has 0 bridgehead atoms. The number of rotatable bonds is 3. The van der Waals surface area contributed by atoms with Gasteiger partial charge in [-0.3, -0.25) is 0 Å². The Morgan fingerprint density at radius 2 is 2.07 bits per heavy atom. The molecule has 1 heterocycles. The molecule has 3 atom stereocenters. The van der Waals surface area contributed by atoms with Crippen LogP contribution in [0, 0.1) is 11.3 Å². The maximum absolute atomic E-state index is 8.94. The van der Waals surface area contributed by atoms with Gasteiger partial charge in [0.25, 0.3) is 0 Å². The van der Waals surface area contributed by atoms with Crippen molar-refractivity contribution in [3.63, 3.8) is 0 Å². The first-order valence-corrected chi connectivity index (χ1v) is 5.83. The minimum atomic E-state index is 0.332. The van der Waals surface area contributed by atoms with Crippen molar-refractivity contribution in [1.82, 2.24) is 4.90 Å². The second-order valence-corrected chi connectivity index (χ2v) is 5.18. The van der Waals surface area contributed by atoms with E-state index in [1.165, 1.54) is 13.0 Å². The van der Waals surface area contributed by atoms with E-state index in [1.54, 1.807) is 0 Å². The van der Waals surface area contributed by atoms with Gasteiger partial charge in [-0.15, -0.1) is 0 Å². The number of likely N-dealkylation sites (tertiary alicyclic amines) is 1. The molecule has 14 heavy (non-hydrogen) atoms. The lowest BCUT2D eigenvalue weighted by atomic mass is 9.66. The molecule has 1 fully saturated rings. The summed E-state index contributed by atoms with van der Waals surface area (Å²) in [5, 5.41) is 8.94. The maximum atomic E-state index is 8.94. The Bertz CT molecular complexity index is 183. The minimum Gasteiger partial charge on any atom is -0.396 e. The number of nitrogens with zero attached hydrogens (tertiary/aromatic N) is 1. The topological polar surface area (TPSA) is 23.5 Å². The summed E-state index contributed by atoms with van der Waals surface area (Å²) < 4.78 is 0. The van der Waals surface area contributed by atoms with Gasteiger partial charge in [0.1, 0.15) is 0 Å². The highest BCUT2D eigenvalue weighted by Gasteiger charge is 2.41. The molecule has 0 radical (unpaired) electrons. The normalized spacial score (nSPS) is 40.1. The number of piperidine rings is 1. The van der Waals surface area contributed by atoms with Crippen molar-refractivity contribution in [3.05, 3.63) is 0 Å². The minimum absolute atomic E-state index is 0.332. The van der Waals surface area contributed by atoms with Crippen molar-refractivity contribution in [3.8, 4) is 0 Å². The highest BCUT2D eigenvalue weighted by atomic mass is 16.2. The van der Waals surface area contributed by atoms with Gasteiger partial charge in [0.2, 0.25) is 0 Å². The highest BCUT2D eigenvalue weighted by Crippen LogP contribution is 2.43. The monoisotopic (exact) mass is 199 g/mol. The summed E-state index contributed by atoms with van der Waals surface area (Å²) in [5.41, 5.74) is 0.385. The molecule has 1 aliphatic rings. The fraction of sp³-hybridized carbons (Fsp3) is 1.00. The number of hydrogen-bond donors (Lipinski definition) is 1. The van der Waals surface area contributed by atoms with Gasteiger partial charge >= 0.3 is 0 Å². The largest absolute Gasteiger partial charge is 0.396 e. The molecule has 1 saturated heterocycles. The van der Waals surface area contributed by atoms with Crippen molar-refractivity contribution in [2.45, 2.75) is 46.1 Å². The van der Waals surface area contributed by atoms with E-state index in [9.17, 15) is 0 Å². The van der Waals surface area contributed by atoms with Crippen molar-refractivity contribution in [1.29, 1.82) is 0 Å². The van der Waals surface area contributed by atoms with Crippen LogP contribution in [-0.4, -0.2) is 36.2 Å². The van der Waals surface area contributed by atoms with Gasteiger partial charge in [0.15, 0.2) is 0 Å². The molecule has 0 spiro atoms. The van der Waals surface area contributed by atoms with Crippen molar-refractivity contribution >= 4 is 0 Å². The first-order chi connectivity index (χ1) is 6.52. The summed E-state index contributed by atoms with van der Waals surface area (Å²) in [6, 6.07) is 0.637. The van der Waals surface area contributed by atoms with E-state index in [0.29, 0.717) is 18.1 Å². The fourth-order valence-corrected chi connectivity index (χ4v) is 2.75. The molecule has 3 unspecified atom stereocenters. The van der Waals surface area contributed by atoms with Gasteiger partial charge in [0, 0.05) is 12.6 Å². The van der Waals surface area contributed by atoms with E-state index in [-0.39, 0.29) is 0 Å². The van der Waals surface area contributed by atoms with E-state index >= 15 is 0 Å². The Morgan fingerprint density at radius 1 is 1.43 bits per heavy atom. The van der Waals surface area contributed by atoms with Crippen LogP contribution in [-0.2, 0) is 0 Å². The van der Waals surface area contributed by atoms with Gasteiger partial charge in [-0.25, -0.2) is 0 Å². The maximum Gasteiger partial charge on any atom is 0.0431 e. The Morgan fingerprint density at radius 3 is 2.64 bits per heavy atom. The van der Waals surface area contributed by atoms with Gasteiger partial charge < -0.3 is 10.0 Å². The summed E-state index contributed by atoms with van der Waals surface area (Å²) in [7, 11) is 2.22. The predicted octanol–water partition coefficient (Wildman–Crippen LogP) is 2.13. The predicted molar refractivity (Wildman–Crippen MR) is 60.3 cm³/mol. The quantitative estimate of drug-likeness (QED) is 0.752. The Labute approximate surface area is 88.3 Å². The second kappa shape index (κ2) is 4.63. The Kier molecular flexibility index (Phi) is 3.96. The van der Waals surface area contributed by atoms with Crippen LogP contribution in [0.5, 0.6) is 0 Å². The van der Waals surface area contributed by atoms with Crippen molar-refractivity contribution in [2.75, 3.05) is 20.2 Å². The lowest BCUT2D eigenvalue weighted by molar-refractivity contribution is -0.00360. The van der Waals surface area contributed by atoms with Gasteiger partial charge in [-0.2, -0.15) is 0 Å². The molecule has 0 aromatic heterocycles. The summed E-state index contributed by atoms with van der Waals surface area (Å²) in [6.45, 7) is 8.62. The van der Waals surface area contributed by atoms with E-state index in [1.807, 2.05) is 0 Å². The molecule has 0 aliphatic carbocycles. The Hall–Kier alpha value is -0.0800. The molecule has 2 nitrogen and oxygen atoms in total. The molecular weight excluding hydrogens is 174 g/mol. The standard InChI is InChI=1S/C12H25NO/c1-10-6-8-13(4)11(2)12(10,3)7-5-9-14/h10-11,14H,5-9H2,1-4H3. The molecule has 1 rings (SSSR count). The van der Waals surface area contributed by atoms with Crippen LogP contribution < -0.4 is 0 Å². The van der Waals surface area contributed by atoms with Crippen LogP contribution >= 0.6 is 0 Å². The smallest absolute Gasteiger partial charge is 0.0431 e. The van der Waals surface area contributed by atoms with Gasteiger partial charge in [-0.1, -0.05) is 13.8 Å².